The molecular formula is C13H22N2O3S. The van der Waals surface area contributed by atoms with Gasteiger partial charge in [0.05, 0.1) is 11.5 Å². The fourth-order valence-corrected chi connectivity index (χ4v) is 4.19. The number of hydrogen-bond acceptors (Lipinski definition) is 4. The summed E-state index contributed by atoms with van der Waals surface area (Å²) in [5.74, 6) is 1.16. The lowest BCUT2D eigenvalue weighted by Crippen LogP contribution is -2.48. The minimum absolute atomic E-state index is 0.112. The Morgan fingerprint density at radius 2 is 1.95 bits per heavy atom. The van der Waals surface area contributed by atoms with E-state index in [-0.39, 0.29) is 23.5 Å². The minimum Gasteiger partial charge on any atom is -0.339 e. The Morgan fingerprint density at radius 3 is 2.53 bits per heavy atom. The van der Waals surface area contributed by atoms with Crippen molar-refractivity contribution in [1.29, 1.82) is 0 Å². The molecule has 6 heteroatoms. The number of nitrogens with zero attached hydrogens (tertiary/aromatic N) is 1. The summed E-state index contributed by atoms with van der Waals surface area (Å²) in [6.45, 7) is 1.37. The van der Waals surface area contributed by atoms with Crippen LogP contribution in [0.1, 0.15) is 32.1 Å². The number of nitrogens with one attached hydrogen (secondary N) is 1. The summed E-state index contributed by atoms with van der Waals surface area (Å²) < 4.78 is 23.2. The van der Waals surface area contributed by atoms with E-state index in [0.717, 1.165) is 19.4 Å². The fourth-order valence-electron chi connectivity index (χ4n) is 2.75. The second-order valence-electron chi connectivity index (χ2n) is 6.19. The molecule has 1 saturated heterocycles. The Kier molecular flexibility index (Phi) is 3.55. The van der Waals surface area contributed by atoms with E-state index in [4.69, 9.17) is 0 Å². The van der Waals surface area contributed by atoms with Crippen molar-refractivity contribution in [2.75, 3.05) is 24.6 Å². The van der Waals surface area contributed by atoms with Crippen LogP contribution >= 0.6 is 0 Å². The summed E-state index contributed by atoms with van der Waals surface area (Å²) >= 11 is 0. The Morgan fingerprint density at radius 1 is 1.21 bits per heavy atom. The van der Waals surface area contributed by atoms with Gasteiger partial charge in [0.25, 0.3) is 0 Å². The molecule has 19 heavy (non-hydrogen) atoms. The van der Waals surface area contributed by atoms with E-state index in [1.807, 2.05) is 4.90 Å². The van der Waals surface area contributed by atoms with E-state index in [0.29, 0.717) is 24.9 Å². The molecule has 5 nitrogen and oxygen atoms in total. The molecule has 0 spiro atoms. The van der Waals surface area contributed by atoms with Crippen LogP contribution in [0.5, 0.6) is 0 Å². The second kappa shape index (κ2) is 5.05. The van der Waals surface area contributed by atoms with E-state index < -0.39 is 9.84 Å². The average Bonchev–Trinajstić information content (AvgIpc) is 3.18. The van der Waals surface area contributed by atoms with Gasteiger partial charge >= 0.3 is 0 Å². The predicted octanol–water partition coefficient (Wildman–Crippen LogP) is 0.164. The second-order valence-corrected chi connectivity index (χ2v) is 8.42. The predicted molar refractivity (Wildman–Crippen MR) is 72.5 cm³/mol. The summed E-state index contributed by atoms with van der Waals surface area (Å²) in [6.07, 6.45) is 5.06. The third-order valence-corrected chi connectivity index (χ3v) is 5.92. The number of hydrogen-bond donors (Lipinski definition) is 1. The molecule has 3 fully saturated rings. The third-order valence-electron chi connectivity index (χ3n) is 4.18. The van der Waals surface area contributed by atoms with Gasteiger partial charge in [0, 0.05) is 31.6 Å². The Balaban J connectivity index is 1.56. The van der Waals surface area contributed by atoms with Gasteiger partial charge in [-0.05, 0) is 31.6 Å². The van der Waals surface area contributed by atoms with Crippen LogP contribution in [0.2, 0.25) is 0 Å². The van der Waals surface area contributed by atoms with Crippen LogP contribution in [-0.4, -0.2) is 55.9 Å². The number of amides is 1. The first-order valence-electron chi connectivity index (χ1n) is 7.27. The van der Waals surface area contributed by atoms with Crippen LogP contribution < -0.4 is 5.32 Å². The van der Waals surface area contributed by atoms with E-state index in [1.165, 1.54) is 12.8 Å². The molecule has 0 aromatic rings. The van der Waals surface area contributed by atoms with Crippen molar-refractivity contribution >= 4 is 15.7 Å². The standard InChI is InChI=1S/C13H22N2O3S/c16-13(7-11-9-19(17,18)6-5-14-11)15(12-3-4-12)8-10-1-2-10/h10-12,14H,1-9H2. The lowest BCUT2D eigenvalue weighted by Gasteiger charge is -2.27. The first kappa shape index (κ1) is 13.4. The molecule has 1 N–H and O–H groups in total. The molecule has 0 radical (unpaired) electrons. The monoisotopic (exact) mass is 286 g/mol. The summed E-state index contributed by atoms with van der Waals surface area (Å²) in [5.41, 5.74) is 0. The van der Waals surface area contributed by atoms with Crippen LogP contribution in [0.15, 0.2) is 0 Å². The first-order valence-corrected chi connectivity index (χ1v) is 9.09. The maximum Gasteiger partial charge on any atom is 0.224 e. The van der Waals surface area contributed by atoms with Gasteiger partial charge in [0.1, 0.15) is 0 Å². The molecule has 2 saturated carbocycles. The number of carbonyl (C=O) groups excluding carboxylic acids is 1. The zero-order valence-electron chi connectivity index (χ0n) is 11.2. The quantitative estimate of drug-likeness (QED) is 0.782. The molecule has 1 heterocycles. The zero-order chi connectivity index (χ0) is 13.5. The van der Waals surface area contributed by atoms with Gasteiger partial charge in [-0.1, -0.05) is 0 Å². The van der Waals surface area contributed by atoms with Crippen molar-refractivity contribution in [2.45, 2.75) is 44.2 Å². The van der Waals surface area contributed by atoms with Crippen molar-refractivity contribution in [3.63, 3.8) is 0 Å². The SMILES string of the molecule is O=C(CC1CS(=O)(=O)CCN1)N(CC1CC1)C1CC1. The molecule has 3 rings (SSSR count). The Bertz CT molecular complexity index is 455. The van der Waals surface area contributed by atoms with Gasteiger partial charge in [-0.25, -0.2) is 8.42 Å². The van der Waals surface area contributed by atoms with E-state index in [2.05, 4.69) is 5.32 Å². The number of carbonyl (C=O) groups is 1. The number of rotatable bonds is 5. The maximum absolute atomic E-state index is 12.4. The van der Waals surface area contributed by atoms with Crippen LogP contribution in [-0.2, 0) is 14.6 Å². The summed E-state index contributed by atoms with van der Waals surface area (Å²) in [5, 5.41) is 3.16. The van der Waals surface area contributed by atoms with E-state index in [9.17, 15) is 13.2 Å². The third kappa shape index (κ3) is 3.69. The number of sulfone groups is 1. The molecule has 108 valence electrons. The van der Waals surface area contributed by atoms with Gasteiger partial charge < -0.3 is 10.2 Å². The fraction of sp³-hybridized carbons (Fsp3) is 0.923. The minimum atomic E-state index is -2.95. The largest absolute Gasteiger partial charge is 0.339 e. The molecule has 0 aromatic heterocycles. The molecule has 3 aliphatic rings. The molecule has 2 aliphatic carbocycles. The van der Waals surface area contributed by atoms with Crippen LogP contribution in [0.4, 0.5) is 0 Å². The summed E-state index contributed by atoms with van der Waals surface area (Å²) in [4.78, 5) is 14.4. The lowest BCUT2D eigenvalue weighted by atomic mass is 10.2. The van der Waals surface area contributed by atoms with Crippen molar-refractivity contribution in [3.8, 4) is 0 Å². The van der Waals surface area contributed by atoms with Crippen molar-refractivity contribution < 1.29 is 13.2 Å². The normalized spacial score (nSPS) is 30.0. The molecule has 0 bridgehead atoms. The van der Waals surface area contributed by atoms with Gasteiger partial charge in [0.15, 0.2) is 9.84 Å². The molecule has 1 unspecified atom stereocenters. The van der Waals surface area contributed by atoms with Crippen molar-refractivity contribution in [1.82, 2.24) is 10.2 Å². The lowest BCUT2D eigenvalue weighted by molar-refractivity contribution is -0.132. The smallest absolute Gasteiger partial charge is 0.224 e. The summed E-state index contributed by atoms with van der Waals surface area (Å²) in [7, 11) is -2.95. The van der Waals surface area contributed by atoms with Crippen LogP contribution in [0.3, 0.4) is 0 Å². The van der Waals surface area contributed by atoms with E-state index in [1.54, 1.807) is 0 Å². The molecule has 1 amide bonds. The van der Waals surface area contributed by atoms with E-state index >= 15 is 0 Å². The molecule has 0 aromatic carbocycles. The molecular weight excluding hydrogens is 264 g/mol. The Hall–Kier alpha value is -0.620. The van der Waals surface area contributed by atoms with Gasteiger partial charge in [-0.15, -0.1) is 0 Å². The van der Waals surface area contributed by atoms with Crippen LogP contribution in [0, 0.1) is 5.92 Å². The average molecular weight is 286 g/mol. The maximum atomic E-state index is 12.4. The summed E-state index contributed by atoms with van der Waals surface area (Å²) in [6, 6.07) is 0.250. The van der Waals surface area contributed by atoms with Gasteiger partial charge in [-0.2, -0.15) is 0 Å². The zero-order valence-corrected chi connectivity index (χ0v) is 12.0. The molecule has 1 atom stereocenters. The van der Waals surface area contributed by atoms with Crippen molar-refractivity contribution in [2.24, 2.45) is 5.92 Å². The van der Waals surface area contributed by atoms with Crippen molar-refractivity contribution in [3.05, 3.63) is 0 Å². The van der Waals surface area contributed by atoms with Gasteiger partial charge in [-0.3, -0.25) is 4.79 Å². The first-order chi connectivity index (χ1) is 9.03. The topological polar surface area (TPSA) is 66.5 Å². The van der Waals surface area contributed by atoms with Gasteiger partial charge in [0.2, 0.25) is 5.91 Å². The van der Waals surface area contributed by atoms with Crippen LogP contribution in [0.25, 0.3) is 0 Å². The highest BCUT2D eigenvalue weighted by atomic mass is 32.2. The highest BCUT2D eigenvalue weighted by Crippen LogP contribution is 2.35. The highest BCUT2D eigenvalue weighted by molar-refractivity contribution is 7.91. The Labute approximate surface area is 114 Å². The highest BCUT2D eigenvalue weighted by Gasteiger charge is 2.37. The molecule has 1 aliphatic heterocycles.